The van der Waals surface area contributed by atoms with Gasteiger partial charge in [-0.2, -0.15) is 0 Å². The minimum absolute atomic E-state index is 0. The van der Waals surface area contributed by atoms with Gasteiger partial charge < -0.3 is 5.84 Å². The van der Waals surface area contributed by atoms with Gasteiger partial charge in [-0.25, -0.2) is 0 Å². The maximum absolute atomic E-state index is 7.30. The molecule has 0 amide bonds. The van der Waals surface area contributed by atoms with Crippen LogP contribution in [0.5, 0.6) is 0 Å². The van der Waals surface area contributed by atoms with E-state index in [2.05, 4.69) is 10.3 Å². The van der Waals surface area contributed by atoms with E-state index in [1.165, 1.54) is 5.56 Å². The Bertz CT molecular complexity index is 292. The number of hydrogen-bond donors (Lipinski definition) is 2. The Hall–Kier alpha value is -1.71. The number of benzene rings is 1. The number of nitrogens with two attached hydrogens (primary N) is 1. The molecule has 3 N–H and O–H groups in total. The zero-order valence-corrected chi connectivity index (χ0v) is 7.27. The van der Waals surface area contributed by atoms with Gasteiger partial charge >= 0.3 is 0 Å². The normalized spacial score (nSPS) is 9.71. The summed E-state index contributed by atoms with van der Waals surface area (Å²) in [7, 11) is 0. The quantitative estimate of drug-likeness (QED) is 0.249. The van der Waals surface area contributed by atoms with Gasteiger partial charge in [0, 0.05) is 6.42 Å². The summed E-state index contributed by atoms with van der Waals surface area (Å²) in [6.45, 7) is 0. The van der Waals surface area contributed by atoms with E-state index in [1.54, 1.807) is 0 Å². The number of hydrogen-bond acceptors (Lipinski definition) is 2. The first-order valence-corrected chi connectivity index (χ1v) is 4.05. The zero-order chi connectivity index (χ0) is 9.52. The smallest absolute Gasteiger partial charge is 0.145 e. The fourth-order valence-corrected chi connectivity index (χ4v) is 1.03. The van der Waals surface area contributed by atoms with Gasteiger partial charge in [0.2, 0.25) is 0 Å². The summed E-state index contributed by atoms with van der Waals surface area (Å²) in [5.74, 6) is 5.03. The second-order valence-corrected chi connectivity index (χ2v) is 2.65. The molecule has 1 aromatic carbocycles. The lowest BCUT2D eigenvalue weighted by atomic mass is 10.1. The average molecular weight is 192 g/mol. The van der Waals surface area contributed by atoms with Gasteiger partial charge in [0.1, 0.15) is 5.84 Å². The number of aryl methyl sites for hydroxylation is 1. The van der Waals surface area contributed by atoms with Crippen molar-refractivity contribution in [3.63, 3.8) is 0 Å². The Labute approximate surface area is 84.3 Å². The maximum atomic E-state index is 7.30. The summed E-state index contributed by atoms with van der Waals surface area (Å²) in [6.07, 6.45) is 1.38. The molecule has 0 aliphatic heterocycles. The molecule has 76 valence electrons. The number of rotatable bonds is 3. The van der Waals surface area contributed by atoms with Gasteiger partial charge in [0.15, 0.2) is 0 Å². The second kappa shape index (κ2) is 6.77. The van der Waals surface area contributed by atoms with Gasteiger partial charge in [0.05, 0.1) is 0 Å². The summed E-state index contributed by atoms with van der Waals surface area (Å²) in [6, 6.07) is 9.96. The lowest BCUT2D eigenvalue weighted by Gasteiger charge is -1.97. The van der Waals surface area contributed by atoms with E-state index in [0.29, 0.717) is 6.42 Å². The molecule has 4 heteroatoms. The predicted molar refractivity (Wildman–Crippen MR) is 58.3 cm³/mol. The standard InChI is InChI=1S/C9H12N4.CH4/c10-9(12-13-11)7-6-8-4-2-1-3-5-8;/h1-5H,6-7H2,(H3,10,11,12);1H4. The molecule has 0 heterocycles. The molecule has 0 saturated heterocycles. The molecule has 0 atom stereocenters. The van der Waals surface area contributed by atoms with Crippen LogP contribution in [0.4, 0.5) is 0 Å². The maximum Gasteiger partial charge on any atom is 0.145 e. The van der Waals surface area contributed by atoms with Crippen molar-refractivity contribution in [1.82, 2.24) is 0 Å². The van der Waals surface area contributed by atoms with Crippen molar-refractivity contribution in [2.24, 2.45) is 16.2 Å². The van der Waals surface area contributed by atoms with Gasteiger partial charge in [-0.15, -0.1) is 5.11 Å². The highest BCUT2D eigenvalue weighted by Gasteiger charge is 1.95. The molecule has 14 heavy (non-hydrogen) atoms. The second-order valence-electron chi connectivity index (χ2n) is 2.65. The molecule has 1 aromatic rings. The third kappa shape index (κ3) is 4.35. The van der Waals surface area contributed by atoms with E-state index in [-0.39, 0.29) is 13.3 Å². The minimum Gasteiger partial charge on any atom is -0.305 e. The molecular formula is C10H16N4. The molecule has 0 aliphatic rings. The monoisotopic (exact) mass is 192 g/mol. The van der Waals surface area contributed by atoms with Crippen LogP contribution in [0.1, 0.15) is 19.4 Å². The van der Waals surface area contributed by atoms with Crippen LogP contribution < -0.4 is 5.84 Å². The average Bonchev–Trinajstić information content (AvgIpc) is 2.17. The molecule has 0 bridgehead atoms. The molecule has 4 nitrogen and oxygen atoms in total. The van der Waals surface area contributed by atoms with Crippen LogP contribution in [-0.2, 0) is 6.42 Å². The van der Waals surface area contributed by atoms with Crippen LogP contribution in [0.25, 0.3) is 0 Å². The van der Waals surface area contributed by atoms with Crippen molar-refractivity contribution >= 4 is 5.84 Å². The fourth-order valence-electron chi connectivity index (χ4n) is 1.03. The number of nitrogens with zero attached hydrogens (tertiary/aromatic N) is 2. The van der Waals surface area contributed by atoms with E-state index in [1.807, 2.05) is 30.3 Å². The summed E-state index contributed by atoms with van der Waals surface area (Å²) < 4.78 is 0. The van der Waals surface area contributed by atoms with Gasteiger partial charge in [-0.1, -0.05) is 43.0 Å². The van der Waals surface area contributed by atoms with E-state index in [0.717, 1.165) is 6.42 Å². The van der Waals surface area contributed by atoms with Crippen LogP contribution in [0.3, 0.4) is 0 Å². The van der Waals surface area contributed by atoms with E-state index < -0.39 is 0 Å². The van der Waals surface area contributed by atoms with Crippen LogP contribution in [-0.4, -0.2) is 5.84 Å². The van der Waals surface area contributed by atoms with E-state index in [4.69, 9.17) is 11.3 Å². The molecule has 0 aromatic heterocycles. The molecule has 0 radical (unpaired) electrons. The van der Waals surface area contributed by atoms with Crippen LogP contribution >= 0.6 is 0 Å². The fraction of sp³-hybridized carbons (Fsp3) is 0.300. The highest BCUT2D eigenvalue weighted by molar-refractivity contribution is 5.79. The largest absolute Gasteiger partial charge is 0.305 e. The van der Waals surface area contributed by atoms with Crippen molar-refractivity contribution in [3.05, 3.63) is 35.9 Å². The lowest BCUT2D eigenvalue weighted by Crippen LogP contribution is -1.95. The SMILES string of the molecule is C.N=C(CCc1ccccc1)N=NN. The van der Waals surface area contributed by atoms with E-state index >= 15 is 0 Å². The first-order chi connectivity index (χ1) is 6.33. The molecule has 0 fully saturated rings. The third-order valence-electron chi connectivity index (χ3n) is 1.67. The minimum atomic E-state index is 0. The molecule has 0 aliphatic carbocycles. The summed E-state index contributed by atoms with van der Waals surface area (Å²) >= 11 is 0. The Balaban J connectivity index is 0.00000169. The van der Waals surface area contributed by atoms with Crippen molar-refractivity contribution < 1.29 is 0 Å². The molecule has 0 saturated carbocycles. The van der Waals surface area contributed by atoms with Crippen molar-refractivity contribution in [2.45, 2.75) is 20.3 Å². The highest BCUT2D eigenvalue weighted by Crippen LogP contribution is 2.02. The molecule has 0 unspecified atom stereocenters. The zero-order valence-electron chi connectivity index (χ0n) is 7.27. The van der Waals surface area contributed by atoms with Crippen molar-refractivity contribution in [3.8, 4) is 0 Å². The Kier molecular flexibility index (Phi) is 5.94. The topological polar surface area (TPSA) is 74.6 Å². The van der Waals surface area contributed by atoms with Crippen molar-refractivity contribution in [2.75, 3.05) is 0 Å². The molecule has 1 rings (SSSR count). The van der Waals surface area contributed by atoms with Crippen LogP contribution in [0.2, 0.25) is 0 Å². The Morgan fingerprint density at radius 1 is 1.29 bits per heavy atom. The van der Waals surface area contributed by atoms with Gasteiger partial charge in [-0.05, 0) is 12.0 Å². The van der Waals surface area contributed by atoms with Crippen LogP contribution in [0, 0.1) is 5.41 Å². The summed E-state index contributed by atoms with van der Waals surface area (Å²) in [5.41, 5.74) is 1.19. The first kappa shape index (κ1) is 12.3. The Morgan fingerprint density at radius 2 is 1.93 bits per heavy atom. The lowest BCUT2D eigenvalue weighted by molar-refractivity contribution is 0.977. The van der Waals surface area contributed by atoms with Gasteiger partial charge in [-0.3, -0.25) is 5.41 Å². The first-order valence-electron chi connectivity index (χ1n) is 4.05. The molecule has 0 spiro atoms. The number of nitrogens with one attached hydrogen (secondary N) is 1. The number of amidine groups is 1. The molecular weight excluding hydrogens is 176 g/mol. The summed E-state index contributed by atoms with van der Waals surface area (Å²) in [5, 5.41) is 13.8. The van der Waals surface area contributed by atoms with Crippen molar-refractivity contribution in [1.29, 1.82) is 5.41 Å². The van der Waals surface area contributed by atoms with E-state index in [9.17, 15) is 0 Å². The van der Waals surface area contributed by atoms with Crippen LogP contribution in [0.15, 0.2) is 40.7 Å². The highest BCUT2D eigenvalue weighted by atomic mass is 15.3. The summed E-state index contributed by atoms with van der Waals surface area (Å²) in [4.78, 5) is 0. The van der Waals surface area contributed by atoms with Gasteiger partial charge in [0.25, 0.3) is 0 Å². The third-order valence-corrected chi connectivity index (χ3v) is 1.67. The Morgan fingerprint density at radius 3 is 2.50 bits per heavy atom. The predicted octanol–water partition coefficient (Wildman–Crippen LogP) is 2.56.